The topological polar surface area (TPSA) is 65.0 Å². The lowest BCUT2D eigenvalue weighted by Gasteiger charge is -2.12. The Morgan fingerprint density at radius 1 is 1.33 bits per heavy atom. The maximum atomic E-state index is 13.6. The van der Waals surface area contributed by atoms with Gasteiger partial charge in [-0.25, -0.2) is 9.18 Å². The molecule has 1 atom stereocenters. The molecule has 1 aromatic rings. The Hall–Kier alpha value is -1.82. The third-order valence-corrected chi connectivity index (χ3v) is 2.40. The summed E-state index contributed by atoms with van der Waals surface area (Å²) in [5.41, 5.74) is 0.406. The van der Waals surface area contributed by atoms with E-state index in [0.29, 0.717) is 5.56 Å². The van der Waals surface area contributed by atoms with Crippen molar-refractivity contribution < 1.29 is 28.5 Å². The van der Waals surface area contributed by atoms with E-state index < -0.39 is 17.9 Å². The van der Waals surface area contributed by atoms with Gasteiger partial charge in [-0.05, 0) is 17.7 Å². The van der Waals surface area contributed by atoms with E-state index >= 15 is 0 Å². The average Bonchev–Trinajstić information content (AvgIpc) is 2.36. The number of benzene rings is 1. The molecule has 0 fully saturated rings. The minimum Gasteiger partial charge on any atom is -0.493 e. The predicted molar refractivity (Wildman–Crippen MR) is 61.2 cm³/mol. The lowest BCUT2D eigenvalue weighted by Crippen LogP contribution is -2.24. The number of aliphatic hydroxyl groups is 1. The van der Waals surface area contributed by atoms with Crippen LogP contribution >= 0.6 is 0 Å². The number of methoxy groups -OCH3 is 3. The van der Waals surface area contributed by atoms with E-state index in [4.69, 9.17) is 9.47 Å². The Labute approximate surface area is 104 Å². The summed E-state index contributed by atoms with van der Waals surface area (Å²) in [6.45, 7) is 0. The predicted octanol–water partition coefficient (Wildman–Crippen LogP) is 0.919. The number of hydrogen-bond acceptors (Lipinski definition) is 5. The molecule has 100 valence electrons. The van der Waals surface area contributed by atoms with Gasteiger partial charge in [-0.2, -0.15) is 0 Å². The normalized spacial score (nSPS) is 11.8. The number of carbonyl (C=O) groups is 1. The molecule has 18 heavy (non-hydrogen) atoms. The lowest BCUT2D eigenvalue weighted by atomic mass is 10.1. The van der Waals surface area contributed by atoms with Gasteiger partial charge in [0.2, 0.25) is 0 Å². The van der Waals surface area contributed by atoms with Crippen LogP contribution in [-0.4, -0.2) is 38.5 Å². The van der Waals surface area contributed by atoms with E-state index in [1.54, 1.807) is 0 Å². The Morgan fingerprint density at radius 3 is 2.50 bits per heavy atom. The summed E-state index contributed by atoms with van der Waals surface area (Å²) >= 11 is 0. The summed E-state index contributed by atoms with van der Waals surface area (Å²) in [7, 11) is 3.86. The molecule has 0 aliphatic rings. The van der Waals surface area contributed by atoms with E-state index in [1.807, 2.05) is 0 Å². The molecule has 0 radical (unpaired) electrons. The zero-order chi connectivity index (χ0) is 13.7. The van der Waals surface area contributed by atoms with Crippen molar-refractivity contribution in [1.82, 2.24) is 0 Å². The highest BCUT2D eigenvalue weighted by atomic mass is 19.1. The second-order valence-electron chi connectivity index (χ2n) is 3.56. The average molecular weight is 258 g/mol. The molecule has 0 bridgehead atoms. The van der Waals surface area contributed by atoms with Gasteiger partial charge in [-0.3, -0.25) is 0 Å². The van der Waals surface area contributed by atoms with Gasteiger partial charge >= 0.3 is 5.97 Å². The fraction of sp³-hybridized carbons (Fsp3) is 0.417. The van der Waals surface area contributed by atoms with Crippen molar-refractivity contribution in [2.45, 2.75) is 12.5 Å². The zero-order valence-electron chi connectivity index (χ0n) is 10.4. The van der Waals surface area contributed by atoms with Crippen LogP contribution in [-0.2, 0) is 16.0 Å². The van der Waals surface area contributed by atoms with Crippen LogP contribution in [0.15, 0.2) is 12.1 Å². The van der Waals surface area contributed by atoms with Gasteiger partial charge in [0.15, 0.2) is 23.4 Å². The minimum atomic E-state index is -1.34. The molecule has 0 spiro atoms. The summed E-state index contributed by atoms with van der Waals surface area (Å²) in [4.78, 5) is 11.1. The molecule has 0 amide bonds. The Bertz CT molecular complexity index is 433. The molecule has 0 saturated carbocycles. The monoisotopic (exact) mass is 258 g/mol. The summed E-state index contributed by atoms with van der Waals surface area (Å²) in [5, 5.41) is 9.48. The van der Waals surface area contributed by atoms with Gasteiger partial charge in [0, 0.05) is 6.42 Å². The van der Waals surface area contributed by atoms with Crippen LogP contribution in [0.3, 0.4) is 0 Å². The van der Waals surface area contributed by atoms with Crippen molar-refractivity contribution in [2.24, 2.45) is 0 Å². The van der Waals surface area contributed by atoms with Crippen LogP contribution in [0.5, 0.6) is 11.5 Å². The van der Waals surface area contributed by atoms with Gasteiger partial charge in [-0.15, -0.1) is 0 Å². The number of ether oxygens (including phenoxy) is 3. The Balaban J connectivity index is 2.98. The molecule has 6 heteroatoms. The third-order valence-electron chi connectivity index (χ3n) is 2.40. The number of halogens is 1. The first-order valence-corrected chi connectivity index (χ1v) is 5.19. The van der Waals surface area contributed by atoms with Crippen LogP contribution in [0.2, 0.25) is 0 Å². The lowest BCUT2D eigenvalue weighted by molar-refractivity contribution is -0.150. The number of esters is 1. The highest BCUT2D eigenvalue weighted by Gasteiger charge is 2.19. The van der Waals surface area contributed by atoms with Gasteiger partial charge in [0.1, 0.15) is 0 Å². The second-order valence-corrected chi connectivity index (χ2v) is 3.56. The molecule has 0 aliphatic carbocycles. The van der Waals surface area contributed by atoms with E-state index in [1.165, 1.54) is 33.5 Å². The first-order valence-electron chi connectivity index (χ1n) is 5.19. The largest absolute Gasteiger partial charge is 0.493 e. The van der Waals surface area contributed by atoms with Crippen molar-refractivity contribution in [2.75, 3.05) is 21.3 Å². The van der Waals surface area contributed by atoms with Gasteiger partial charge < -0.3 is 19.3 Å². The van der Waals surface area contributed by atoms with Crippen LogP contribution in [0.25, 0.3) is 0 Å². The molecular weight excluding hydrogens is 243 g/mol. The highest BCUT2D eigenvalue weighted by Crippen LogP contribution is 2.31. The fourth-order valence-corrected chi connectivity index (χ4v) is 1.53. The molecular formula is C12H15FO5. The van der Waals surface area contributed by atoms with Crippen LogP contribution in [0.1, 0.15) is 5.56 Å². The van der Waals surface area contributed by atoms with E-state index in [2.05, 4.69) is 4.74 Å². The first kappa shape index (κ1) is 14.2. The summed E-state index contributed by atoms with van der Waals surface area (Å²) < 4.78 is 27.8. The summed E-state index contributed by atoms with van der Waals surface area (Å²) in [6, 6.07) is 2.67. The van der Waals surface area contributed by atoms with E-state index in [-0.39, 0.29) is 17.9 Å². The summed E-state index contributed by atoms with van der Waals surface area (Å²) in [6.07, 6.45) is -1.41. The highest BCUT2D eigenvalue weighted by molar-refractivity contribution is 5.74. The molecule has 0 saturated heterocycles. The number of carbonyl (C=O) groups excluding carboxylic acids is 1. The van der Waals surface area contributed by atoms with Crippen molar-refractivity contribution in [3.8, 4) is 11.5 Å². The Morgan fingerprint density at radius 2 is 2.00 bits per heavy atom. The number of hydrogen-bond donors (Lipinski definition) is 1. The first-order chi connectivity index (χ1) is 8.53. The van der Waals surface area contributed by atoms with Crippen molar-refractivity contribution in [3.05, 3.63) is 23.5 Å². The van der Waals surface area contributed by atoms with Gasteiger partial charge in [0.25, 0.3) is 0 Å². The standard InChI is InChI=1S/C12H15FO5/c1-16-10-6-7(4-8(13)11(10)17-2)5-9(14)12(15)18-3/h4,6,9,14H,5H2,1-3H3. The smallest absolute Gasteiger partial charge is 0.335 e. The second kappa shape index (κ2) is 6.20. The van der Waals surface area contributed by atoms with E-state index in [9.17, 15) is 14.3 Å². The molecule has 1 aromatic carbocycles. The van der Waals surface area contributed by atoms with Crippen molar-refractivity contribution >= 4 is 5.97 Å². The van der Waals surface area contributed by atoms with Gasteiger partial charge in [-0.1, -0.05) is 0 Å². The van der Waals surface area contributed by atoms with Crippen molar-refractivity contribution in [1.29, 1.82) is 0 Å². The third kappa shape index (κ3) is 3.10. The molecule has 1 N–H and O–H groups in total. The maximum Gasteiger partial charge on any atom is 0.335 e. The quantitative estimate of drug-likeness (QED) is 0.795. The molecule has 0 heterocycles. The van der Waals surface area contributed by atoms with Crippen LogP contribution < -0.4 is 9.47 Å². The van der Waals surface area contributed by atoms with Gasteiger partial charge in [0.05, 0.1) is 21.3 Å². The molecule has 5 nitrogen and oxygen atoms in total. The molecule has 0 aliphatic heterocycles. The SMILES string of the molecule is COC(=O)C(O)Cc1cc(F)c(OC)c(OC)c1. The summed E-state index contributed by atoms with van der Waals surface area (Å²) in [5.74, 6) is -1.22. The number of rotatable bonds is 5. The minimum absolute atomic E-state index is 0.0196. The zero-order valence-corrected chi connectivity index (χ0v) is 10.4. The Kier molecular flexibility index (Phi) is 4.91. The molecule has 1 unspecified atom stereocenters. The maximum absolute atomic E-state index is 13.6. The number of aliphatic hydroxyl groups excluding tert-OH is 1. The van der Waals surface area contributed by atoms with Crippen LogP contribution in [0, 0.1) is 5.82 Å². The van der Waals surface area contributed by atoms with Crippen molar-refractivity contribution in [3.63, 3.8) is 0 Å². The van der Waals surface area contributed by atoms with E-state index in [0.717, 1.165) is 0 Å². The molecule has 1 rings (SSSR count). The molecule has 0 aromatic heterocycles. The van der Waals surface area contributed by atoms with Crippen LogP contribution in [0.4, 0.5) is 4.39 Å². The fourth-order valence-electron chi connectivity index (χ4n) is 1.53.